The van der Waals surface area contributed by atoms with Gasteiger partial charge in [0.15, 0.2) is 0 Å². The molecule has 0 spiro atoms. The van der Waals surface area contributed by atoms with Crippen molar-refractivity contribution >= 4 is 16.6 Å². The van der Waals surface area contributed by atoms with Crippen LogP contribution in [-0.4, -0.2) is 36.5 Å². The van der Waals surface area contributed by atoms with E-state index < -0.39 is 0 Å². The number of likely N-dealkylation sites (tertiary alicyclic amines) is 1. The minimum absolute atomic E-state index is 0.0649. The summed E-state index contributed by atoms with van der Waals surface area (Å²) in [4.78, 5) is 2.23. The molecule has 38 heavy (non-hydrogen) atoms. The number of benzene rings is 4. The second-order valence-corrected chi connectivity index (χ2v) is 10.9. The molecule has 6 rings (SSSR count). The minimum atomic E-state index is 0.0649. The lowest BCUT2D eigenvalue weighted by Gasteiger charge is -2.34. The fourth-order valence-corrected chi connectivity index (χ4v) is 6.20. The van der Waals surface area contributed by atoms with Gasteiger partial charge in [0.1, 0.15) is 17.7 Å². The molecule has 4 aromatic carbocycles. The van der Waals surface area contributed by atoms with Crippen LogP contribution >= 0.6 is 0 Å². The van der Waals surface area contributed by atoms with Crippen molar-refractivity contribution in [2.24, 2.45) is 0 Å². The molecule has 0 saturated carbocycles. The summed E-state index contributed by atoms with van der Waals surface area (Å²) in [5.74, 6) is 1.89. The summed E-state index contributed by atoms with van der Waals surface area (Å²) < 4.78 is 6.53. The fourth-order valence-electron chi connectivity index (χ4n) is 6.20. The first-order chi connectivity index (χ1) is 18.6. The van der Waals surface area contributed by atoms with E-state index in [1.807, 2.05) is 0 Å². The summed E-state index contributed by atoms with van der Waals surface area (Å²) in [7, 11) is 0. The number of hydrogen-bond acceptors (Lipinski definition) is 3. The molecule has 0 aliphatic carbocycles. The Labute approximate surface area is 226 Å². The fraction of sp³-hybridized carbons (Fsp3) is 0.324. The van der Waals surface area contributed by atoms with Gasteiger partial charge in [-0.05, 0) is 72.7 Å². The molecule has 2 N–H and O–H groups in total. The van der Waals surface area contributed by atoms with Crippen LogP contribution in [0.5, 0.6) is 5.75 Å². The number of fused-ring (bicyclic) bond motifs is 2. The number of amidine groups is 1. The molecule has 4 nitrogen and oxygen atoms in total. The molecule has 4 heteroatoms. The summed E-state index contributed by atoms with van der Waals surface area (Å²) >= 11 is 0. The van der Waals surface area contributed by atoms with Gasteiger partial charge in [-0.2, -0.15) is 0 Å². The predicted molar refractivity (Wildman–Crippen MR) is 156 cm³/mol. The van der Waals surface area contributed by atoms with Crippen LogP contribution in [0.25, 0.3) is 10.8 Å². The highest BCUT2D eigenvalue weighted by Crippen LogP contribution is 2.41. The van der Waals surface area contributed by atoms with Gasteiger partial charge in [-0.1, -0.05) is 72.8 Å². The number of rotatable bonds is 6. The Kier molecular flexibility index (Phi) is 6.90. The van der Waals surface area contributed by atoms with Crippen LogP contribution in [0.2, 0.25) is 0 Å². The molecule has 4 aromatic rings. The first-order valence-corrected chi connectivity index (χ1v) is 14.0. The molecule has 2 heterocycles. The van der Waals surface area contributed by atoms with Crippen molar-refractivity contribution in [1.29, 1.82) is 5.41 Å². The first-order valence-electron chi connectivity index (χ1n) is 14.0. The van der Waals surface area contributed by atoms with E-state index in [9.17, 15) is 0 Å². The second kappa shape index (κ2) is 10.6. The van der Waals surface area contributed by atoms with E-state index in [1.54, 1.807) is 0 Å². The van der Waals surface area contributed by atoms with Crippen molar-refractivity contribution < 1.29 is 4.74 Å². The van der Waals surface area contributed by atoms with Crippen molar-refractivity contribution in [2.75, 3.05) is 19.6 Å². The summed E-state index contributed by atoms with van der Waals surface area (Å²) in [5, 5.41) is 15.3. The molecule has 1 fully saturated rings. The Morgan fingerprint density at radius 3 is 2.61 bits per heavy atom. The van der Waals surface area contributed by atoms with Crippen LogP contribution in [0.4, 0.5) is 0 Å². The third kappa shape index (κ3) is 4.81. The zero-order chi connectivity index (χ0) is 26.1. The maximum Gasteiger partial charge on any atom is 0.128 e. The number of para-hydroxylation sites is 1. The summed E-state index contributed by atoms with van der Waals surface area (Å²) in [5.41, 5.74) is 6.07. The van der Waals surface area contributed by atoms with E-state index in [0.717, 1.165) is 37.4 Å². The summed E-state index contributed by atoms with van der Waals surface area (Å²) in [6.45, 7) is 7.13. The second-order valence-electron chi connectivity index (χ2n) is 10.9. The molecule has 3 atom stereocenters. The van der Waals surface area contributed by atoms with Gasteiger partial charge >= 0.3 is 0 Å². The molecule has 0 unspecified atom stereocenters. The van der Waals surface area contributed by atoms with E-state index in [0.29, 0.717) is 5.84 Å². The average molecular weight is 504 g/mol. The lowest BCUT2D eigenvalue weighted by Crippen LogP contribution is -2.37. The molecule has 0 amide bonds. The van der Waals surface area contributed by atoms with Crippen molar-refractivity contribution in [3.05, 3.63) is 113 Å². The molecule has 0 aromatic heterocycles. The Bertz CT molecular complexity index is 1450. The van der Waals surface area contributed by atoms with Gasteiger partial charge in [0.25, 0.3) is 0 Å². The molecule has 194 valence electrons. The highest BCUT2D eigenvalue weighted by molar-refractivity contribution is 5.98. The largest absolute Gasteiger partial charge is 0.489 e. The number of aryl methyl sites for hydroxylation is 1. The summed E-state index contributed by atoms with van der Waals surface area (Å²) in [6, 6.07) is 30.6. The smallest absolute Gasteiger partial charge is 0.128 e. The Morgan fingerprint density at radius 1 is 0.974 bits per heavy atom. The Hall–Kier alpha value is -3.63. The SMILES string of the molecule is Cc1ccc([C@@H]2C[C@H](CN[C@H](C)c3cccc4ccccc34)Oc3ccccc32)cc1C(=N)N1CCCC1. The zero-order valence-electron chi connectivity index (χ0n) is 22.4. The standard InChI is InChI=1S/C34H37N3O/c1-23-16-17-26(20-31(23)34(35)37-18-7-8-19-37)32-21-27(38-33-15-6-5-13-30(32)33)22-36-24(2)28-14-9-11-25-10-3-4-12-29(25)28/h3-6,9-17,20,24,27,32,35-36H,7-8,18-19,21-22H2,1-2H3/t24-,27-,32+/m1/s1. The molecular formula is C34H37N3O. The maximum absolute atomic E-state index is 8.91. The third-order valence-electron chi connectivity index (χ3n) is 8.37. The monoisotopic (exact) mass is 503 g/mol. The van der Waals surface area contributed by atoms with Crippen molar-refractivity contribution in [3.8, 4) is 5.75 Å². The van der Waals surface area contributed by atoms with Gasteiger partial charge in [0, 0.05) is 42.7 Å². The Morgan fingerprint density at radius 2 is 1.74 bits per heavy atom. The van der Waals surface area contributed by atoms with Gasteiger partial charge < -0.3 is 15.0 Å². The first kappa shape index (κ1) is 24.7. The van der Waals surface area contributed by atoms with Crippen molar-refractivity contribution in [1.82, 2.24) is 10.2 Å². The minimum Gasteiger partial charge on any atom is -0.489 e. The maximum atomic E-state index is 8.91. The van der Waals surface area contributed by atoms with Crippen LogP contribution in [0.15, 0.2) is 84.9 Å². The normalized spacial score (nSPS) is 19.7. The third-order valence-corrected chi connectivity index (χ3v) is 8.37. The van der Waals surface area contributed by atoms with Gasteiger partial charge in [-0.15, -0.1) is 0 Å². The highest BCUT2D eigenvalue weighted by Gasteiger charge is 2.30. The lowest BCUT2D eigenvalue weighted by atomic mass is 9.83. The molecule has 0 radical (unpaired) electrons. The Balaban J connectivity index is 1.24. The molecular weight excluding hydrogens is 466 g/mol. The number of nitrogens with zero attached hydrogens (tertiary/aromatic N) is 1. The number of nitrogens with one attached hydrogen (secondary N) is 2. The average Bonchev–Trinajstić information content (AvgIpc) is 3.50. The van der Waals surface area contributed by atoms with Gasteiger partial charge in [-0.25, -0.2) is 0 Å². The lowest BCUT2D eigenvalue weighted by molar-refractivity contribution is 0.159. The van der Waals surface area contributed by atoms with E-state index in [4.69, 9.17) is 10.1 Å². The van der Waals surface area contributed by atoms with Crippen LogP contribution in [0.3, 0.4) is 0 Å². The summed E-state index contributed by atoms with van der Waals surface area (Å²) in [6.07, 6.45) is 3.34. The highest BCUT2D eigenvalue weighted by atomic mass is 16.5. The van der Waals surface area contributed by atoms with E-state index in [1.165, 1.54) is 45.9 Å². The van der Waals surface area contributed by atoms with E-state index in [2.05, 4.69) is 109 Å². The van der Waals surface area contributed by atoms with Gasteiger partial charge in [0.2, 0.25) is 0 Å². The molecule has 0 bridgehead atoms. The van der Waals surface area contributed by atoms with Crippen LogP contribution in [-0.2, 0) is 0 Å². The zero-order valence-corrected chi connectivity index (χ0v) is 22.4. The number of ether oxygens (including phenoxy) is 1. The van der Waals surface area contributed by atoms with Crippen LogP contribution < -0.4 is 10.1 Å². The van der Waals surface area contributed by atoms with Crippen LogP contribution in [0, 0.1) is 12.3 Å². The quantitative estimate of drug-likeness (QED) is 0.216. The predicted octanol–water partition coefficient (Wildman–Crippen LogP) is 7.20. The number of hydrogen-bond donors (Lipinski definition) is 2. The van der Waals surface area contributed by atoms with E-state index >= 15 is 0 Å². The van der Waals surface area contributed by atoms with Gasteiger partial charge in [-0.3, -0.25) is 5.41 Å². The van der Waals surface area contributed by atoms with Crippen LogP contribution in [0.1, 0.15) is 66.0 Å². The molecule has 2 aliphatic heterocycles. The van der Waals surface area contributed by atoms with E-state index in [-0.39, 0.29) is 18.1 Å². The molecule has 1 saturated heterocycles. The molecule has 2 aliphatic rings. The van der Waals surface area contributed by atoms with Gasteiger partial charge in [0.05, 0.1) is 0 Å². The van der Waals surface area contributed by atoms with Crippen molar-refractivity contribution in [2.45, 2.75) is 51.2 Å². The van der Waals surface area contributed by atoms with Crippen molar-refractivity contribution in [3.63, 3.8) is 0 Å². The topological polar surface area (TPSA) is 48.4 Å².